The number of aliphatic hydroxyl groups excluding tert-OH is 1. The Balaban J connectivity index is 0.000000135. The predicted octanol–water partition coefficient (Wildman–Crippen LogP) is 16.1. The van der Waals surface area contributed by atoms with E-state index >= 15 is 0 Å². The number of rotatable bonds is 15. The lowest BCUT2D eigenvalue weighted by Crippen LogP contribution is -2.48. The van der Waals surface area contributed by atoms with E-state index in [-0.39, 0.29) is 58.5 Å². The van der Waals surface area contributed by atoms with Gasteiger partial charge in [-0.2, -0.15) is 15.3 Å². The summed E-state index contributed by atoms with van der Waals surface area (Å²) in [6, 6.07) is 37.8. The van der Waals surface area contributed by atoms with E-state index in [0.29, 0.717) is 99.3 Å². The Morgan fingerprint density at radius 3 is 1.50 bits per heavy atom. The second-order valence-electron chi connectivity index (χ2n) is 29.2. The molecule has 3 aromatic heterocycles. The van der Waals surface area contributed by atoms with Crippen molar-refractivity contribution in [2.45, 2.75) is 171 Å². The quantitative estimate of drug-likeness (QED) is 0.0565. The van der Waals surface area contributed by atoms with Gasteiger partial charge in [-0.25, -0.2) is 36.9 Å². The first-order valence-corrected chi connectivity index (χ1v) is 39.0. The molecule has 0 spiro atoms. The molecular weight excluding hydrogens is 1430 g/mol. The van der Waals surface area contributed by atoms with Gasteiger partial charge in [-0.05, 0) is 184 Å². The van der Waals surface area contributed by atoms with Gasteiger partial charge in [0, 0.05) is 88.8 Å². The number of hydrogen-bond donors (Lipinski definition) is 4. The molecule has 0 bridgehead atoms. The van der Waals surface area contributed by atoms with Gasteiger partial charge in [0.1, 0.15) is 23.1 Å². The summed E-state index contributed by atoms with van der Waals surface area (Å²) < 4.78 is 72.8. The number of halogens is 7. The van der Waals surface area contributed by atoms with Crippen LogP contribution in [0.1, 0.15) is 213 Å². The largest absolute Gasteiger partial charge is 0.390 e. The van der Waals surface area contributed by atoms with E-state index in [1.165, 1.54) is 60.0 Å². The summed E-state index contributed by atoms with van der Waals surface area (Å²) >= 11 is 19.1. The second kappa shape index (κ2) is 35.0. The van der Waals surface area contributed by atoms with Crippen LogP contribution in [0.4, 0.5) is 17.6 Å². The zero-order valence-electron chi connectivity index (χ0n) is 59.9. The third kappa shape index (κ3) is 17.9. The first-order chi connectivity index (χ1) is 52.1. The number of amides is 3. The number of aliphatic hydroxyl groups is 1. The van der Waals surface area contributed by atoms with Gasteiger partial charge in [-0.1, -0.05) is 134 Å². The number of benzene rings is 6. The van der Waals surface area contributed by atoms with E-state index < -0.39 is 23.8 Å². The van der Waals surface area contributed by atoms with Gasteiger partial charge in [0.2, 0.25) is 0 Å². The highest BCUT2D eigenvalue weighted by atomic mass is 35.5. The monoisotopic (exact) mass is 1520 g/mol. The van der Waals surface area contributed by atoms with Crippen LogP contribution >= 0.6 is 34.8 Å². The molecule has 562 valence electrons. The van der Waals surface area contributed by atoms with Crippen molar-refractivity contribution in [1.29, 1.82) is 0 Å². The number of hydrogen-bond acceptors (Lipinski definition) is 11. The van der Waals surface area contributed by atoms with Gasteiger partial charge in [-0.15, -0.1) is 0 Å². The van der Waals surface area contributed by atoms with E-state index in [2.05, 4.69) is 32.0 Å². The highest BCUT2D eigenvalue weighted by Gasteiger charge is 2.39. The van der Waals surface area contributed by atoms with E-state index in [1.54, 1.807) is 35.3 Å². The molecule has 6 aromatic carbocycles. The summed E-state index contributed by atoms with van der Waals surface area (Å²) in [5, 5.41) is 33.8. The second-order valence-corrected chi connectivity index (χ2v) is 30.5. The van der Waals surface area contributed by atoms with Crippen LogP contribution in [0.25, 0.3) is 11.4 Å². The van der Waals surface area contributed by atoms with Crippen LogP contribution in [0, 0.1) is 23.3 Å². The molecular formula is C83H90Cl3F4N11O6. The summed E-state index contributed by atoms with van der Waals surface area (Å²) in [6.07, 6.45) is 18.7. The molecule has 3 fully saturated rings. The SMILES string of the molecule is O=C(NN1CCOCC1)c1nn(-c2ccc(Cl)cc2Cl)c2c1CCCCC2Cc1cccc(Cl)c1.O=C(NN1CCOCC1)c1nn(-c2ccc(F)cc2F)c2c1CCCCC2Cc1cccc(F)c1.O=C(N[C@@H]1c2ccccc2C[C@@H]1O)c1nn(C2CCCCC2)c2c1CCCC[C@H]2Cc1cccc(F)c1. The van der Waals surface area contributed by atoms with E-state index in [9.17, 15) is 37.1 Å². The van der Waals surface area contributed by atoms with Crippen molar-refractivity contribution in [1.82, 2.24) is 55.5 Å². The number of nitrogens with one attached hydrogen (secondary N) is 3. The van der Waals surface area contributed by atoms with Crippen LogP contribution in [-0.2, 0) is 54.4 Å². The number of nitrogens with zero attached hydrogens (tertiary/aromatic N) is 8. The molecule has 24 heteroatoms. The number of hydrazine groups is 2. The first-order valence-electron chi connectivity index (χ1n) is 37.9. The summed E-state index contributed by atoms with van der Waals surface area (Å²) in [7, 11) is 0. The number of carbonyl (C=O) groups excluding carboxylic acids is 3. The molecule has 0 radical (unpaired) electrons. The number of ether oxygens (including phenoxy) is 2. The highest BCUT2D eigenvalue weighted by Crippen LogP contribution is 2.43. The Morgan fingerprint density at radius 1 is 0.477 bits per heavy atom. The van der Waals surface area contributed by atoms with Crippen LogP contribution in [0.5, 0.6) is 0 Å². The number of aromatic nitrogens is 6. The Labute approximate surface area is 636 Å². The van der Waals surface area contributed by atoms with Gasteiger partial charge in [0.25, 0.3) is 17.7 Å². The summed E-state index contributed by atoms with van der Waals surface area (Å²) in [5.74, 6) is -2.48. The molecule has 2 unspecified atom stereocenters. The standard InChI is InChI=1S/C31H36FN3O2.C26H27Cl3N4O2.C26H27F3N4O2/c32-23-12-8-9-20(18-23)17-22-11-5-7-16-26-29(34-35(30(22)26)24-13-2-1-3-14-24)31(37)33-28-25-15-6-4-10-21(25)19-27(28)36;2*27-19-6-3-4-17(15-19)14-18-5-1-2-7-21-24(26(34)31-32-10-12-35-13-11-32)30-33(25(18)21)23-9-8-20(28)16-22(23)29/h4,6,8-10,12,15,18,22,24,27-28,36H,1-3,5,7,11,13-14,16-17,19H2,(H,33,37);2*3-4,6,8-9,15-16,18H,1-2,5,7,10-14H2,(H,31,34)/t22-,27-,28+;;/m0../s1. The maximum absolute atomic E-state index is 14.9. The van der Waals surface area contributed by atoms with Gasteiger partial charge < -0.3 is 19.9 Å². The summed E-state index contributed by atoms with van der Waals surface area (Å²) in [6.45, 7) is 4.63. The van der Waals surface area contributed by atoms with Gasteiger partial charge in [-0.3, -0.25) is 29.9 Å². The van der Waals surface area contributed by atoms with E-state index in [0.717, 1.165) is 169 Å². The highest BCUT2D eigenvalue weighted by molar-refractivity contribution is 6.35. The number of fused-ring (bicyclic) bond motifs is 4. The summed E-state index contributed by atoms with van der Waals surface area (Å²) in [5.41, 5.74) is 18.7. The van der Waals surface area contributed by atoms with E-state index in [1.807, 2.05) is 70.4 Å². The lowest BCUT2D eigenvalue weighted by Gasteiger charge is -2.27. The van der Waals surface area contributed by atoms with Crippen LogP contribution < -0.4 is 16.2 Å². The van der Waals surface area contributed by atoms with Crippen molar-refractivity contribution < 1.29 is 46.5 Å². The molecule has 7 aliphatic rings. The minimum atomic E-state index is -0.760. The molecule has 16 rings (SSSR count). The first kappa shape index (κ1) is 75.6. The van der Waals surface area contributed by atoms with E-state index in [4.69, 9.17) is 54.5 Å². The Bertz CT molecular complexity index is 4460. The predicted molar refractivity (Wildman–Crippen MR) is 404 cm³/mol. The third-order valence-electron chi connectivity index (χ3n) is 21.9. The van der Waals surface area contributed by atoms with Crippen molar-refractivity contribution in [3.63, 3.8) is 0 Å². The molecule has 4 N–H and O–H groups in total. The molecule has 9 aromatic rings. The van der Waals surface area contributed by atoms with Gasteiger partial charge >= 0.3 is 0 Å². The molecule has 3 amide bonds. The normalized spacial score (nSPS) is 20.4. The molecule has 5 atom stereocenters. The fraction of sp³-hybridized carbons (Fsp3) is 0.422. The fourth-order valence-electron chi connectivity index (χ4n) is 16.9. The van der Waals surface area contributed by atoms with Gasteiger partial charge in [0.05, 0.1) is 66.7 Å². The molecule has 107 heavy (non-hydrogen) atoms. The van der Waals surface area contributed by atoms with Crippen molar-refractivity contribution in [2.75, 3.05) is 52.6 Å². The average Bonchev–Trinajstić information content (AvgIpc) is 1.63. The van der Waals surface area contributed by atoms with Crippen LogP contribution in [-0.4, -0.2) is 121 Å². The number of morpholine rings is 2. The molecule has 17 nitrogen and oxygen atoms in total. The Hall–Kier alpha value is -8.25. The summed E-state index contributed by atoms with van der Waals surface area (Å²) in [4.78, 5) is 40.6. The lowest BCUT2D eigenvalue weighted by atomic mass is 9.89. The Kier molecular flexibility index (Phi) is 24.7. The van der Waals surface area contributed by atoms with Crippen molar-refractivity contribution >= 4 is 52.5 Å². The molecule has 5 heterocycles. The smallest absolute Gasteiger partial charge is 0.286 e. The maximum atomic E-state index is 14.9. The minimum Gasteiger partial charge on any atom is -0.390 e. The van der Waals surface area contributed by atoms with Gasteiger partial charge in [0.15, 0.2) is 22.9 Å². The fourth-order valence-corrected chi connectivity index (χ4v) is 17.6. The maximum Gasteiger partial charge on any atom is 0.286 e. The number of carbonyl (C=O) groups is 3. The minimum absolute atomic E-state index is 0.0826. The average molecular weight is 1520 g/mol. The van der Waals surface area contributed by atoms with Crippen LogP contribution in [0.3, 0.4) is 0 Å². The van der Waals surface area contributed by atoms with Crippen molar-refractivity contribution in [3.8, 4) is 11.4 Å². The van der Waals surface area contributed by atoms with Crippen molar-refractivity contribution in [3.05, 3.63) is 250 Å². The topological polar surface area (TPSA) is 186 Å². The molecule has 1 saturated carbocycles. The molecule has 5 aliphatic carbocycles. The lowest BCUT2D eigenvalue weighted by molar-refractivity contribution is 0.0121. The third-order valence-corrected chi connectivity index (χ3v) is 22.7. The van der Waals surface area contributed by atoms with Crippen molar-refractivity contribution in [2.24, 2.45) is 0 Å². The van der Waals surface area contributed by atoms with Crippen LogP contribution in [0.15, 0.2) is 133 Å². The zero-order valence-corrected chi connectivity index (χ0v) is 62.2. The molecule has 2 saturated heterocycles. The Morgan fingerprint density at radius 2 is 0.953 bits per heavy atom. The van der Waals surface area contributed by atoms with Crippen LogP contribution in [0.2, 0.25) is 15.1 Å². The molecule has 2 aliphatic heterocycles. The zero-order chi connectivity index (χ0) is 74.1.